The molecule has 3 N–H and O–H groups in total. The Hall–Kier alpha value is -1.17. The Labute approximate surface area is 99.7 Å². The highest BCUT2D eigenvalue weighted by Crippen LogP contribution is 2.51. The van der Waals surface area contributed by atoms with Gasteiger partial charge in [0.15, 0.2) is 0 Å². The molecule has 0 aliphatic heterocycles. The van der Waals surface area contributed by atoms with Gasteiger partial charge in [0.2, 0.25) is 0 Å². The molecule has 0 heterocycles. The van der Waals surface area contributed by atoms with Gasteiger partial charge in [-0.1, -0.05) is 11.6 Å². The molecule has 94 valence electrons. The second-order valence-corrected chi connectivity index (χ2v) is 4.47. The first-order chi connectivity index (χ1) is 7.75. The molecule has 0 spiro atoms. The number of halogens is 5. The van der Waals surface area contributed by atoms with Crippen LogP contribution >= 0.6 is 11.6 Å². The second kappa shape index (κ2) is 3.66. The van der Waals surface area contributed by atoms with Crippen molar-refractivity contribution >= 4 is 23.0 Å². The molecule has 2 rings (SSSR count). The van der Waals surface area contributed by atoms with Crippen LogP contribution in [0.5, 0.6) is 0 Å². The van der Waals surface area contributed by atoms with Gasteiger partial charge in [-0.05, 0) is 18.9 Å². The third-order valence-corrected chi connectivity index (χ3v) is 3.05. The van der Waals surface area contributed by atoms with E-state index in [9.17, 15) is 17.6 Å². The predicted octanol–water partition coefficient (Wildman–Crippen LogP) is 3.57. The maximum Gasteiger partial charge on any atom is 0.411 e. The van der Waals surface area contributed by atoms with E-state index in [0.717, 1.165) is 12.1 Å². The van der Waals surface area contributed by atoms with Crippen LogP contribution in [0.1, 0.15) is 12.8 Å². The van der Waals surface area contributed by atoms with Crippen LogP contribution in [-0.2, 0) is 0 Å². The summed E-state index contributed by atoms with van der Waals surface area (Å²) >= 11 is 5.46. The SMILES string of the molecule is Nc1cc(Cl)c(F)cc1NC1(C(F)(F)F)CC1. The van der Waals surface area contributed by atoms with Gasteiger partial charge in [-0.15, -0.1) is 0 Å². The molecule has 0 amide bonds. The molecule has 7 heteroatoms. The zero-order chi connectivity index (χ0) is 12.8. The van der Waals surface area contributed by atoms with Crippen molar-refractivity contribution in [1.29, 1.82) is 0 Å². The van der Waals surface area contributed by atoms with E-state index < -0.39 is 17.5 Å². The molecule has 0 atom stereocenters. The minimum absolute atomic E-state index is 0.00748. The standard InChI is InChI=1S/C10H9ClF4N2/c11-5-3-7(16)8(4-6(5)12)17-9(1-2-9)10(13,14)15/h3-4,17H,1-2,16H2. The number of nitrogens with one attached hydrogen (secondary N) is 1. The van der Waals surface area contributed by atoms with Gasteiger partial charge in [-0.3, -0.25) is 0 Å². The number of alkyl halides is 3. The molecule has 1 aliphatic rings. The molecule has 1 fully saturated rings. The van der Waals surface area contributed by atoms with Crippen LogP contribution in [-0.4, -0.2) is 11.7 Å². The fourth-order valence-electron chi connectivity index (χ4n) is 1.53. The summed E-state index contributed by atoms with van der Waals surface area (Å²) in [4.78, 5) is 0. The number of hydrogen-bond acceptors (Lipinski definition) is 2. The first-order valence-electron chi connectivity index (χ1n) is 4.85. The molecule has 0 radical (unpaired) electrons. The van der Waals surface area contributed by atoms with Crippen molar-refractivity contribution in [1.82, 2.24) is 0 Å². The lowest BCUT2D eigenvalue weighted by atomic mass is 10.2. The highest BCUT2D eigenvalue weighted by molar-refractivity contribution is 6.31. The number of hydrogen-bond donors (Lipinski definition) is 2. The van der Waals surface area contributed by atoms with Crippen LogP contribution in [0.25, 0.3) is 0 Å². The van der Waals surface area contributed by atoms with Crippen molar-refractivity contribution in [3.63, 3.8) is 0 Å². The average Bonchev–Trinajstić information content (AvgIpc) is 2.94. The Morgan fingerprint density at radius 1 is 1.29 bits per heavy atom. The van der Waals surface area contributed by atoms with Gasteiger partial charge < -0.3 is 11.1 Å². The number of nitrogen functional groups attached to an aromatic ring is 1. The van der Waals surface area contributed by atoms with Gasteiger partial charge in [0.05, 0.1) is 16.4 Å². The van der Waals surface area contributed by atoms with E-state index in [1.807, 2.05) is 0 Å². The topological polar surface area (TPSA) is 38.0 Å². The lowest BCUT2D eigenvalue weighted by molar-refractivity contribution is -0.151. The lowest BCUT2D eigenvalue weighted by Crippen LogP contribution is -2.38. The summed E-state index contributed by atoms with van der Waals surface area (Å²) in [5, 5.41) is 2.04. The lowest BCUT2D eigenvalue weighted by Gasteiger charge is -2.23. The van der Waals surface area contributed by atoms with Crippen molar-refractivity contribution in [3.05, 3.63) is 23.0 Å². The summed E-state index contributed by atoms with van der Waals surface area (Å²) in [7, 11) is 0. The van der Waals surface area contributed by atoms with Crippen LogP contribution in [0, 0.1) is 5.82 Å². The van der Waals surface area contributed by atoms with Gasteiger partial charge in [-0.25, -0.2) is 4.39 Å². The second-order valence-electron chi connectivity index (χ2n) is 4.06. The number of benzene rings is 1. The van der Waals surface area contributed by atoms with Crippen LogP contribution in [0.15, 0.2) is 12.1 Å². The third-order valence-electron chi connectivity index (χ3n) is 2.76. The van der Waals surface area contributed by atoms with Gasteiger partial charge in [0.25, 0.3) is 0 Å². The quantitative estimate of drug-likeness (QED) is 0.636. The van der Waals surface area contributed by atoms with E-state index in [1.165, 1.54) is 0 Å². The zero-order valence-electron chi connectivity index (χ0n) is 8.54. The van der Waals surface area contributed by atoms with E-state index in [1.54, 1.807) is 0 Å². The highest BCUT2D eigenvalue weighted by atomic mass is 35.5. The first-order valence-corrected chi connectivity index (χ1v) is 5.22. The first kappa shape index (κ1) is 12.3. The fraction of sp³-hybridized carbons (Fsp3) is 0.400. The minimum atomic E-state index is -4.38. The average molecular weight is 269 g/mol. The third kappa shape index (κ3) is 2.13. The van der Waals surface area contributed by atoms with E-state index in [0.29, 0.717) is 0 Å². The summed E-state index contributed by atoms with van der Waals surface area (Å²) < 4.78 is 51.2. The Morgan fingerprint density at radius 3 is 2.35 bits per heavy atom. The summed E-state index contributed by atoms with van der Waals surface area (Å²) in [5.41, 5.74) is 3.43. The Balaban J connectivity index is 2.29. The predicted molar refractivity (Wildman–Crippen MR) is 57.5 cm³/mol. The van der Waals surface area contributed by atoms with E-state index >= 15 is 0 Å². The summed E-state index contributed by atoms with van der Waals surface area (Å²) in [6.07, 6.45) is -4.46. The van der Waals surface area contributed by atoms with Crippen LogP contribution < -0.4 is 11.1 Å². The zero-order valence-corrected chi connectivity index (χ0v) is 9.29. The van der Waals surface area contributed by atoms with Crippen molar-refractivity contribution in [3.8, 4) is 0 Å². The maximum absolute atomic E-state index is 13.1. The Bertz CT molecular complexity index is 454. The van der Waals surface area contributed by atoms with E-state index in [4.69, 9.17) is 17.3 Å². The largest absolute Gasteiger partial charge is 0.411 e. The molecular formula is C10H9ClF4N2. The molecule has 2 nitrogen and oxygen atoms in total. The van der Waals surface area contributed by atoms with E-state index in [-0.39, 0.29) is 29.2 Å². The number of rotatable bonds is 2. The molecule has 1 aromatic rings. The molecule has 0 aromatic heterocycles. The normalized spacial score (nSPS) is 17.9. The number of anilines is 2. The number of nitrogens with two attached hydrogens (primary N) is 1. The monoisotopic (exact) mass is 268 g/mol. The highest BCUT2D eigenvalue weighted by Gasteiger charge is 2.63. The van der Waals surface area contributed by atoms with Gasteiger partial charge >= 0.3 is 6.18 Å². The molecule has 17 heavy (non-hydrogen) atoms. The van der Waals surface area contributed by atoms with Crippen LogP contribution in [0.3, 0.4) is 0 Å². The molecule has 1 saturated carbocycles. The van der Waals surface area contributed by atoms with Crippen molar-refractivity contribution < 1.29 is 17.6 Å². The van der Waals surface area contributed by atoms with Crippen molar-refractivity contribution in [2.24, 2.45) is 0 Å². The smallest absolute Gasteiger partial charge is 0.397 e. The van der Waals surface area contributed by atoms with Gasteiger partial charge in [0, 0.05) is 6.07 Å². The molecule has 0 saturated heterocycles. The molecular weight excluding hydrogens is 260 g/mol. The molecule has 0 bridgehead atoms. The summed E-state index contributed by atoms with van der Waals surface area (Å²) in [6, 6.07) is 1.97. The minimum Gasteiger partial charge on any atom is -0.397 e. The van der Waals surface area contributed by atoms with Crippen LogP contribution in [0.4, 0.5) is 28.9 Å². The molecule has 0 unspecified atom stereocenters. The maximum atomic E-state index is 13.1. The Morgan fingerprint density at radius 2 is 1.88 bits per heavy atom. The van der Waals surface area contributed by atoms with E-state index in [2.05, 4.69) is 5.32 Å². The molecule has 1 aromatic carbocycles. The van der Waals surface area contributed by atoms with Crippen LogP contribution in [0.2, 0.25) is 5.02 Å². The molecule has 1 aliphatic carbocycles. The van der Waals surface area contributed by atoms with Crippen molar-refractivity contribution in [2.75, 3.05) is 11.1 Å². The summed E-state index contributed by atoms with van der Waals surface area (Å²) in [6.45, 7) is 0. The summed E-state index contributed by atoms with van der Waals surface area (Å²) in [5.74, 6) is -0.804. The fourth-order valence-corrected chi connectivity index (χ4v) is 1.70. The van der Waals surface area contributed by atoms with Gasteiger partial charge in [0.1, 0.15) is 11.4 Å². The van der Waals surface area contributed by atoms with Gasteiger partial charge in [-0.2, -0.15) is 13.2 Å². The van der Waals surface area contributed by atoms with Crippen molar-refractivity contribution in [2.45, 2.75) is 24.6 Å². The Kier molecular flexibility index (Phi) is 2.65.